The van der Waals surface area contributed by atoms with Crippen molar-refractivity contribution in [3.05, 3.63) is 71.3 Å². The van der Waals surface area contributed by atoms with Gasteiger partial charge in [-0.25, -0.2) is 4.98 Å². The van der Waals surface area contributed by atoms with Crippen molar-refractivity contribution in [2.45, 2.75) is 13.0 Å². The van der Waals surface area contributed by atoms with Crippen molar-refractivity contribution in [3.8, 4) is 22.9 Å². The van der Waals surface area contributed by atoms with Gasteiger partial charge in [0.1, 0.15) is 18.5 Å². The van der Waals surface area contributed by atoms with E-state index in [0.717, 1.165) is 11.5 Å². The molecule has 4 heterocycles. The molecule has 6 rings (SSSR count). The van der Waals surface area contributed by atoms with E-state index in [1.807, 2.05) is 55.5 Å². The van der Waals surface area contributed by atoms with E-state index in [4.69, 9.17) is 19.2 Å². The van der Waals surface area contributed by atoms with E-state index in [1.54, 1.807) is 10.8 Å². The minimum absolute atomic E-state index is 0.215. The Bertz CT molecular complexity index is 1580. The summed E-state index contributed by atoms with van der Waals surface area (Å²) >= 11 is 0. The zero-order chi connectivity index (χ0) is 23.8. The van der Waals surface area contributed by atoms with Crippen LogP contribution in [0.5, 0.6) is 17.2 Å². The van der Waals surface area contributed by atoms with Crippen LogP contribution in [0.3, 0.4) is 0 Å². The third-order valence-electron chi connectivity index (χ3n) is 5.78. The Labute approximate surface area is 199 Å². The monoisotopic (exact) mass is 470 g/mol. The highest BCUT2D eigenvalue weighted by Gasteiger charge is 2.21. The molecule has 3 aromatic heterocycles. The van der Waals surface area contributed by atoms with Crippen molar-refractivity contribution in [2.24, 2.45) is 0 Å². The molecule has 0 fully saturated rings. The zero-order valence-electron chi connectivity index (χ0n) is 18.9. The molecule has 2 aromatic carbocycles. The number of hydrogen-bond acceptors (Lipinski definition) is 8. The zero-order valence-corrected chi connectivity index (χ0v) is 18.9. The van der Waals surface area contributed by atoms with Crippen LogP contribution in [0.4, 0.5) is 5.95 Å². The lowest BCUT2D eigenvalue weighted by Gasteiger charge is -2.26. The Kier molecular flexibility index (Phi) is 5.17. The second-order valence-corrected chi connectivity index (χ2v) is 8.04. The summed E-state index contributed by atoms with van der Waals surface area (Å²) in [5, 5.41) is 11.3. The van der Waals surface area contributed by atoms with Gasteiger partial charge < -0.3 is 19.5 Å². The van der Waals surface area contributed by atoms with Crippen LogP contribution >= 0.6 is 0 Å². The first kappa shape index (κ1) is 21.0. The van der Waals surface area contributed by atoms with Crippen LogP contribution in [0.15, 0.2) is 65.7 Å². The van der Waals surface area contributed by atoms with Crippen LogP contribution in [-0.4, -0.2) is 50.6 Å². The van der Waals surface area contributed by atoms with Gasteiger partial charge >= 0.3 is 0 Å². The molecule has 0 unspecified atom stereocenters. The minimum Gasteiger partial charge on any atom is -0.494 e. The van der Waals surface area contributed by atoms with E-state index in [0.29, 0.717) is 59.1 Å². The molecule has 0 radical (unpaired) electrons. The first-order chi connectivity index (χ1) is 17.2. The Morgan fingerprint density at radius 3 is 2.77 bits per heavy atom. The quantitative estimate of drug-likeness (QED) is 0.388. The molecule has 5 aromatic rings. The number of aromatic amines is 1. The SMILES string of the molecule is CCOc1ccc(-n2c(=O)c3cn[nH]c3c3cnc(NC[C@H]4COc5ccccc5O4)nc32)cc1. The molecule has 0 saturated heterocycles. The number of benzene rings is 2. The number of pyridine rings is 1. The molecule has 176 valence electrons. The molecule has 0 bridgehead atoms. The van der Waals surface area contributed by atoms with Gasteiger partial charge in [0.15, 0.2) is 17.1 Å². The Hall–Kier alpha value is -4.60. The van der Waals surface area contributed by atoms with E-state index in [2.05, 4.69) is 20.5 Å². The van der Waals surface area contributed by atoms with Gasteiger partial charge in [-0.15, -0.1) is 0 Å². The number of ether oxygens (including phenoxy) is 3. The van der Waals surface area contributed by atoms with Gasteiger partial charge in [0.2, 0.25) is 5.95 Å². The molecule has 1 atom stereocenters. The molecule has 10 heteroatoms. The average molecular weight is 470 g/mol. The van der Waals surface area contributed by atoms with Gasteiger partial charge in [-0.1, -0.05) is 12.1 Å². The maximum Gasteiger partial charge on any atom is 0.267 e. The predicted molar refractivity (Wildman–Crippen MR) is 131 cm³/mol. The molecule has 2 N–H and O–H groups in total. The second kappa shape index (κ2) is 8.64. The van der Waals surface area contributed by atoms with Crippen molar-refractivity contribution >= 4 is 27.9 Å². The highest BCUT2D eigenvalue weighted by atomic mass is 16.6. The summed E-state index contributed by atoms with van der Waals surface area (Å²) in [7, 11) is 0. The third-order valence-corrected chi connectivity index (χ3v) is 5.78. The largest absolute Gasteiger partial charge is 0.494 e. The molecular formula is C25H22N6O4. The fourth-order valence-electron chi connectivity index (χ4n) is 4.14. The number of fused-ring (bicyclic) bond motifs is 4. The maximum absolute atomic E-state index is 13.4. The first-order valence-electron chi connectivity index (χ1n) is 11.3. The summed E-state index contributed by atoms with van der Waals surface area (Å²) in [5.74, 6) is 2.54. The van der Waals surface area contributed by atoms with Crippen LogP contribution < -0.4 is 25.1 Å². The Morgan fingerprint density at radius 1 is 1.11 bits per heavy atom. The summed E-state index contributed by atoms with van der Waals surface area (Å²) in [6, 6.07) is 14.9. The lowest BCUT2D eigenvalue weighted by molar-refractivity contribution is 0.0996. The topological polar surface area (TPSA) is 116 Å². The van der Waals surface area contributed by atoms with Gasteiger partial charge in [0, 0.05) is 6.20 Å². The molecule has 0 amide bonds. The van der Waals surface area contributed by atoms with Crippen LogP contribution in [0, 0.1) is 0 Å². The number of para-hydroxylation sites is 2. The second-order valence-electron chi connectivity index (χ2n) is 8.04. The Balaban J connectivity index is 1.36. The number of aromatic nitrogens is 5. The summed E-state index contributed by atoms with van der Waals surface area (Å²) in [6.45, 7) is 3.32. The standard InChI is InChI=1S/C25H22N6O4/c1-2-33-16-9-7-15(8-10-16)31-23-18(22-19(24(31)32)13-28-30-22)12-27-25(29-23)26-11-17-14-34-20-5-3-4-6-21(20)35-17/h3-10,12-13,17H,2,11,14H2,1H3,(H,28,30)(H,26,27,29)/t17-/m0/s1. The predicted octanol–water partition coefficient (Wildman–Crippen LogP) is 3.31. The van der Waals surface area contributed by atoms with Crippen molar-refractivity contribution in [3.63, 3.8) is 0 Å². The molecule has 10 nitrogen and oxygen atoms in total. The van der Waals surface area contributed by atoms with Crippen molar-refractivity contribution < 1.29 is 14.2 Å². The lowest BCUT2D eigenvalue weighted by atomic mass is 10.2. The number of nitrogens with one attached hydrogen (secondary N) is 2. The number of anilines is 1. The summed E-state index contributed by atoms with van der Waals surface area (Å²) in [6.07, 6.45) is 2.99. The normalized spacial score (nSPS) is 14.8. The van der Waals surface area contributed by atoms with E-state index < -0.39 is 0 Å². The average Bonchev–Trinajstić information content (AvgIpc) is 3.39. The fourth-order valence-corrected chi connectivity index (χ4v) is 4.14. The Morgan fingerprint density at radius 2 is 1.94 bits per heavy atom. The van der Waals surface area contributed by atoms with E-state index in [-0.39, 0.29) is 11.7 Å². The van der Waals surface area contributed by atoms with Crippen molar-refractivity contribution in [1.29, 1.82) is 0 Å². The lowest BCUT2D eigenvalue weighted by Crippen LogP contribution is -2.35. The highest BCUT2D eigenvalue weighted by Crippen LogP contribution is 2.31. The summed E-state index contributed by atoms with van der Waals surface area (Å²) in [5.41, 5.74) is 1.49. The fraction of sp³-hybridized carbons (Fsp3) is 0.200. The third kappa shape index (κ3) is 3.78. The summed E-state index contributed by atoms with van der Waals surface area (Å²) in [4.78, 5) is 22.6. The number of hydrogen-bond donors (Lipinski definition) is 2. The van der Waals surface area contributed by atoms with E-state index in [1.165, 1.54) is 6.20 Å². The van der Waals surface area contributed by atoms with Gasteiger partial charge in [0.05, 0.1) is 41.3 Å². The number of rotatable bonds is 6. The molecule has 0 saturated carbocycles. The summed E-state index contributed by atoms with van der Waals surface area (Å²) < 4.78 is 18.9. The van der Waals surface area contributed by atoms with Crippen LogP contribution in [-0.2, 0) is 0 Å². The number of nitrogens with zero attached hydrogens (tertiary/aromatic N) is 4. The molecule has 35 heavy (non-hydrogen) atoms. The molecule has 0 aliphatic carbocycles. The van der Waals surface area contributed by atoms with Crippen molar-refractivity contribution in [1.82, 2.24) is 24.7 Å². The first-order valence-corrected chi connectivity index (χ1v) is 11.3. The minimum atomic E-state index is -0.226. The van der Waals surface area contributed by atoms with Crippen LogP contribution in [0.2, 0.25) is 0 Å². The van der Waals surface area contributed by atoms with Crippen LogP contribution in [0.1, 0.15) is 6.92 Å². The van der Waals surface area contributed by atoms with Crippen LogP contribution in [0.25, 0.3) is 27.6 Å². The van der Waals surface area contributed by atoms with Crippen molar-refractivity contribution in [2.75, 3.05) is 25.1 Å². The van der Waals surface area contributed by atoms with Gasteiger partial charge in [-0.2, -0.15) is 10.1 Å². The number of H-pyrrole nitrogens is 1. The van der Waals surface area contributed by atoms with E-state index >= 15 is 0 Å². The van der Waals surface area contributed by atoms with Gasteiger partial charge in [-0.3, -0.25) is 14.5 Å². The maximum atomic E-state index is 13.4. The molecular weight excluding hydrogens is 448 g/mol. The molecule has 1 aliphatic heterocycles. The van der Waals surface area contributed by atoms with E-state index in [9.17, 15) is 4.79 Å². The smallest absolute Gasteiger partial charge is 0.267 e. The van der Waals surface area contributed by atoms with Gasteiger partial charge in [-0.05, 0) is 43.3 Å². The highest BCUT2D eigenvalue weighted by molar-refractivity contribution is 6.02. The molecule has 1 aliphatic rings. The van der Waals surface area contributed by atoms with Gasteiger partial charge in [0.25, 0.3) is 5.56 Å². The molecule has 0 spiro atoms.